The van der Waals surface area contributed by atoms with E-state index in [2.05, 4.69) is 44.9 Å². The third kappa shape index (κ3) is 6.36. The number of ether oxygens (including phenoxy) is 2. The van der Waals surface area contributed by atoms with E-state index in [9.17, 15) is 4.79 Å². The van der Waals surface area contributed by atoms with Crippen molar-refractivity contribution in [3.8, 4) is 17.0 Å². The number of H-pyrrole nitrogens is 1. The molecule has 0 fully saturated rings. The van der Waals surface area contributed by atoms with Crippen LogP contribution in [0.3, 0.4) is 0 Å². The maximum Gasteiger partial charge on any atom is 0.331 e. The Hall–Kier alpha value is -4.51. The topological polar surface area (TPSA) is 112 Å². The predicted octanol–water partition coefficient (Wildman–Crippen LogP) is 4.09. The van der Waals surface area contributed by atoms with Crippen molar-refractivity contribution in [2.45, 2.75) is 6.42 Å². The summed E-state index contributed by atoms with van der Waals surface area (Å²) in [6, 6.07) is 12.0. The molecule has 0 saturated heterocycles. The molecule has 0 spiro atoms. The summed E-state index contributed by atoms with van der Waals surface area (Å²) in [6.07, 6.45) is 8.06. The zero-order valence-corrected chi connectivity index (χ0v) is 24.6. The molecule has 4 N–H and O–H groups in total. The van der Waals surface area contributed by atoms with Crippen LogP contribution < -0.4 is 20.3 Å². The number of benzene rings is 2. The molecule has 0 radical (unpaired) electrons. The first-order valence-electron chi connectivity index (χ1n) is 13.9. The molecule has 0 unspecified atom stereocenters. The quantitative estimate of drug-likeness (QED) is 0.185. The fraction of sp³-hybridized carbons (Fsp3) is 0.281. The number of aromatic amines is 1. The highest BCUT2D eigenvalue weighted by atomic mass is 16.5. The average molecular weight is 569 g/mol. The maximum atomic E-state index is 12.4. The van der Waals surface area contributed by atoms with Crippen LogP contribution in [0.15, 0.2) is 67.5 Å². The van der Waals surface area contributed by atoms with Crippen LogP contribution in [0.2, 0.25) is 0 Å². The number of aromatic nitrogens is 3. The van der Waals surface area contributed by atoms with Crippen LogP contribution in [-0.2, 0) is 9.53 Å². The molecule has 0 saturated carbocycles. The fourth-order valence-corrected chi connectivity index (χ4v) is 5.03. The lowest BCUT2D eigenvalue weighted by molar-refractivity contribution is -0.487. The smallest absolute Gasteiger partial charge is 0.331 e. The summed E-state index contributed by atoms with van der Waals surface area (Å²) in [5.74, 6) is 0.881. The molecule has 1 aliphatic rings. The minimum Gasteiger partial charge on any atom is -0.491 e. The monoisotopic (exact) mass is 568 g/mol. The van der Waals surface area contributed by atoms with Crippen molar-refractivity contribution in [2.24, 2.45) is 0 Å². The van der Waals surface area contributed by atoms with E-state index >= 15 is 0 Å². The van der Waals surface area contributed by atoms with Crippen LogP contribution in [-0.4, -0.2) is 80.3 Å². The van der Waals surface area contributed by atoms with Crippen molar-refractivity contribution in [1.82, 2.24) is 19.9 Å². The zero-order valence-electron chi connectivity index (χ0n) is 24.6. The fourth-order valence-electron chi connectivity index (χ4n) is 5.03. The number of rotatable bonds is 11. The van der Waals surface area contributed by atoms with Gasteiger partial charge in [0, 0.05) is 66.7 Å². The lowest BCUT2D eigenvalue weighted by atomic mass is 9.97. The number of carbonyl (C=O) groups is 1. The second-order valence-electron chi connectivity index (χ2n) is 10.5. The van der Waals surface area contributed by atoms with Crippen molar-refractivity contribution < 1.29 is 19.6 Å². The third-order valence-electron chi connectivity index (χ3n) is 7.33. The van der Waals surface area contributed by atoms with Crippen molar-refractivity contribution in [3.05, 3.63) is 73.1 Å². The third-order valence-corrected chi connectivity index (χ3v) is 7.33. The summed E-state index contributed by atoms with van der Waals surface area (Å²) in [4.78, 5) is 29.8. The lowest BCUT2D eigenvalue weighted by Gasteiger charge is -2.25. The molecular formula is C32H38N7O3+. The Bertz CT molecular complexity index is 1630. The Balaban J connectivity index is 1.57. The Morgan fingerprint density at radius 1 is 1.21 bits per heavy atom. The van der Waals surface area contributed by atoms with E-state index in [4.69, 9.17) is 19.4 Å². The van der Waals surface area contributed by atoms with Crippen molar-refractivity contribution in [3.63, 3.8) is 0 Å². The molecule has 2 aromatic heterocycles. The first kappa shape index (κ1) is 29.0. The van der Waals surface area contributed by atoms with Crippen LogP contribution >= 0.6 is 0 Å². The number of nitrogens with zero attached hydrogens (tertiary/aromatic N) is 4. The number of carbonyl (C=O) groups excluding carboxylic acids is 1. The largest absolute Gasteiger partial charge is 0.491 e. The van der Waals surface area contributed by atoms with Gasteiger partial charge in [0.1, 0.15) is 0 Å². The number of quaternary nitrogens is 1. The summed E-state index contributed by atoms with van der Waals surface area (Å²) in [6.45, 7) is 6.46. The van der Waals surface area contributed by atoms with Gasteiger partial charge in [0.2, 0.25) is 5.91 Å². The predicted molar refractivity (Wildman–Crippen MR) is 168 cm³/mol. The molecule has 0 atom stereocenters. The van der Waals surface area contributed by atoms with E-state index in [0.717, 1.165) is 58.6 Å². The molecule has 4 aromatic rings. The molecule has 3 heterocycles. The van der Waals surface area contributed by atoms with Gasteiger partial charge in [0.15, 0.2) is 11.4 Å². The van der Waals surface area contributed by atoms with E-state index in [1.165, 1.54) is 11.6 Å². The highest BCUT2D eigenvalue weighted by Crippen LogP contribution is 2.37. The van der Waals surface area contributed by atoms with Gasteiger partial charge in [-0.15, -0.1) is 0 Å². The number of nitrogens with one attached hydrogen (secondary N) is 2. The van der Waals surface area contributed by atoms with E-state index < -0.39 is 0 Å². The molecule has 1 aliphatic heterocycles. The van der Waals surface area contributed by atoms with E-state index in [1.807, 2.05) is 63.1 Å². The number of hydrogen-bond donors (Lipinski definition) is 3. The van der Waals surface area contributed by atoms with Gasteiger partial charge in [-0.2, -0.15) is 9.97 Å². The Kier molecular flexibility index (Phi) is 8.97. The number of likely N-dealkylation sites (N-methyl/N-ethyl adjacent to an activating group) is 2. The van der Waals surface area contributed by atoms with Gasteiger partial charge in [-0.05, 0) is 38.2 Å². The van der Waals surface area contributed by atoms with Gasteiger partial charge in [0.05, 0.1) is 37.4 Å². The first-order chi connectivity index (χ1) is 20.4. The average Bonchev–Trinajstić information content (AvgIpc) is 3.44. The van der Waals surface area contributed by atoms with Gasteiger partial charge >= 0.3 is 5.95 Å². The lowest BCUT2D eigenvalue weighted by Crippen LogP contribution is -2.72. The number of nitrogens with two attached hydrogens (primary N) is 1. The summed E-state index contributed by atoms with van der Waals surface area (Å²) in [7, 11) is 7.69. The highest BCUT2D eigenvalue weighted by molar-refractivity contribution is 6.02. The minimum atomic E-state index is -0.291. The molecule has 2 aromatic carbocycles. The number of methoxy groups -OCH3 is 1. The first-order valence-corrected chi connectivity index (χ1v) is 13.9. The Labute approximate surface area is 246 Å². The zero-order chi connectivity index (χ0) is 29.6. The van der Waals surface area contributed by atoms with Gasteiger partial charge in [-0.25, -0.2) is 5.32 Å². The number of amides is 1. The molecular weight excluding hydrogens is 530 g/mol. The Morgan fingerprint density at radius 2 is 2.05 bits per heavy atom. The van der Waals surface area contributed by atoms with Crippen LogP contribution in [0.1, 0.15) is 12.0 Å². The molecule has 10 nitrogen and oxygen atoms in total. The van der Waals surface area contributed by atoms with E-state index in [-0.39, 0.29) is 5.91 Å². The SMILES string of the molecule is C=CC(=O)Nc1cc([NH2+]c2ncc(C3=CCOCC3)c(-c3c[nH]c4ccccc34)n2)c(OC)cc1N(C)CCN(C)C. The van der Waals surface area contributed by atoms with Crippen LogP contribution in [0.4, 0.5) is 23.0 Å². The number of para-hydroxylation sites is 1. The maximum absolute atomic E-state index is 12.4. The molecule has 1 amide bonds. The number of anilines is 2. The molecule has 5 rings (SSSR count). The summed E-state index contributed by atoms with van der Waals surface area (Å²) in [5.41, 5.74) is 7.28. The summed E-state index contributed by atoms with van der Waals surface area (Å²) < 4.78 is 11.4. The number of fused-ring (bicyclic) bond motifs is 1. The molecule has 218 valence electrons. The minimum absolute atomic E-state index is 0.291. The summed E-state index contributed by atoms with van der Waals surface area (Å²) in [5, 5.41) is 5.93. The second-order valence-corrected chi connectivity index (χ2v) is 10.5. The van der Waals surface area contributed by atoms with Crippen molar-refractivity contribution >= 4 is 45.4 Å². The second kappa shape index (κ2) is 13.0. The van der Waals surface area contributed by atoms with Crippen molar-refractivity contribution in [2.75, 3.05) is 64.8 Å². The molecule has 42 heavy (non-hydrogen) atoms. The highest BCUT2D eigenvalue weighted by Gasteiger charge is 2.22. The molecule has 10 heteroatoms. The standard InChI is InChI=1S/C32H37N7O3/c1-6-30(40)35-26-17-27(29(41-5)18-28(26)39(4)14-13-38(2)3)36-32-34-19-23(21-11-15-42-16-12-21)31(37-32)24-20-33-25-10-8-7-9-22(24)25/h6-11,17-20,33H,1,12-16H2,2-5H3,(H,35,40)(H,34,36,37)/p+1. The molecule has 0 bridgehead atoms. The van der Waals surface area contributed by atoms with E-state index in [1.54, 1.807) is 7.11 Å². The van der Waals surface area contributed by atoms with Gasteiger partial charge in [-0.1, -0.05) is 30.9 Å². The van der Waals surface area contributed by atoms with Gasteiger partial charge in [-0.3, -0.25) is 4.79 Å². The van der Waals surface area contributed by atoms with Crippen LogP contribution in [0.5, 0.6) is 5.75 Å². The van der Waals surface area contributed by atoms with Gasteiger partial charge in [0.25, 0.3) is 0 Å². The van der Waals surface area contributed by atoms with Crippen LogP contribution in [0, 0.1) is 0 Å². The Morgan fingerprint density at radius 3 is 2.79 bits per heavy atom. The normalized spacial score (nSPS) is 13.2. The van der Waals surface area contributed by atoms with Crippen LogP contribution in [0.25, 0.3) is 27.7 Å². The van der Waals surface area contributed by atoms with Gasteiger partial charge < -0.3 is 29.6 Å². The molecule has 0 aliphatic carbocycles. The summed E-state index contributed by atoms with van der Waals surface area (Å²) >= 11 is 0. The van der Waals surface area contributed by atoms with Crippen molar-refractivity contribution in [1.29, 1.82) is 0 Å². The van der Waals surface area contributed by atoms with E-state index in [0.29, 0.717) is 30.6 Å². The number of hydrogen-bond acceptors (Lipinski definition) is 7.